The molecule has 0 aliphatic rings. The van der Waals surface area contributed by atoms with E-state index < -0.39 is 0 Å². The lowest BCUT2D eigenvalue weighted by Crippen LogP contribution is -2.14. The second-order valence-corrected chi connectivity index (χ2v) is 5.96. The van der Waals surface area contributed by atoms with Gasteiger partial charge in [0.15, 0.2) is 5.16 Å². The third-order valence-corrected chi connectivity index (χ3v) is 4.10. The molecule has 0 fully saturated rings. The highest BCUT2D eigenvalue weighted by molar-refractivity contribution is 7.99. The van der Waals surface area contributed by atoms with Gasteiger partial charge in [-0.3, -0.25) is 4.79 Å². The van der Waals surface area contributed by atoms with Gasteiger partial charge >= 0.3 is 0 Å². The highest BCUT2D eigenvalue weighted by Crippen LogP contribution is 2.18. The highest BCUT2D eigenvalue weighted by Gasteiger charge is 2.08. The molecule has 112 valence electrons. The van der Waals surface area contributed by atoms with Gasteiger partial charge in [0.2, 0.25) is 5.91 Å². The number of anilines is 1. The molecule has 0 aliphatic heterocycles. The van der Waals surface area contributed by atoms with Gasteiger partial charge in [-0.05, 0) is 30.5 Å². The molecule has 21 heavy (non-hydrogen) atoms. The molecule has 0 saturated carbocycles. The van der Waals surface area contributed by atoms with Crippen LogP contribution in [0.3, 0.4) is 0 Å². The fraction of sp³-hybridized carbons (Fsp3) is 0.400. The van der Waals surface area contributed by atoms with E-state index in [0.717, 1.165) is 17.4 Å². The molecule has 2 rings (SSSR count). The first-order chi connectivity index (χ1) is 10.1. The molecule has 0 saturated heterocycles. The topological polar surface area (TPSA) is 59.8 Å². The van der Waals surface area contributed by atoms with E-state index >= 15 is 0 Å². The van der Waals surface area contributed by atoms with E-state index in [1.54, 1.807) is 6.33 Å². The Kier molecular flexibility index (Phi) is 5.38. The second kappa shape index (κ2) is 7.26. The molecule has 2 aromatic rings. The van der Waals surface area contributed by atoms with Crippen molar-refractivity contribution in [2.45, 2.75) is 38.4 Å². The van der Waals surface area contributed by atoms with Gasteiger partial charge in [-0.1, -0.05) is 37.7 Å². The number of carbonyl (C=O) groups excluding carboxylic acids is 1. The standard InChI is InChI=1S/C15H20N4OS/c1-4-19-10-16-18-15(19)21-9-14(20)17-13-7-5-12(6-8-13)11(2)3/h5-8,10-11H,4,9H2,1-3H3,(H,17,20). The van der Waals surface area contributed by atoms with E-state index in [-0.39, 0.29) is 5.91 Å². The third kappa shape index (κ3) is 4.32. The average molecular weight is 304 g/mol. The summed E-state index contributed by atoms with van der Waals surface area (Å²) in [6, 6.07) is 7.96. The molecule has 0 aliphatic carbocycles. The van der Waals surface area contributed by atoms with Crippen LogP contribution in [0, 0.1) is 0 Å². The molecule has 0 radical (unpaired) electrons. The first-order valence-electron chi connectivity index (χ1n) is 7.00. The van der Waals surface area contributed by atoms with Crippen LogP contribution in [-0.4, -0.2) is 26.4 Å². The monoisotopic (exact) mass is 304 g/mol. The number of carbonyl (C=O) groups is 1. The van der Waals surface area contributed by atoms with Crippen LogP contribution in [0.1, 0.15) is 32.3 Å². The Balaban J connectivity index is 1.87. The zero-order chi connectivity index (χ0) is 15.2. The Bertz CT molecular complexity index is 592. The van der Waals surface area contributed by atoms with Crippen molar-refractivity contribution in [1.82, 2.24) is 14.8 Å². The molecule has 1 aromatic heterocycles. The fourth-order valence-electron chi connectivity index (χ4n) is 1.85. The Morgan fingerprint density at radius 2 is 2.05 bits per heavy atom. The van der Waals surface area contributed by atoms with Gasteiger partial charge in [-0.15, -0.1) is 10.2 Å². The Labute approximate surface area is 129 Å². The zero-order valence-corrected chi connectivity index (χ0v) is 13.4. The van der Waals surface area contributed by atoms with Crippen LogP contribution in [-0.2, 0) is 11.3 Å². The average Bonchev–Trinajstić information content (AvgIpc) is 2.93. The van der Waals surface area contributed by atoms with E-state index in [4.69, 9.17) is 0 Å². The number of nitrogens with zero attached hydrogens (tertiary/aromatic N) is 3. The summed E-state index contributed by atoms with van der Waals surface area (Å²) in [4.78, 5) is 11.9. The molecule has 1 heterocycles. The Hall–Kier alpha value is -1.82. The van der Waals surface area contributed by atoms with E-state index in [2.05, 4.69) is 29.4 Å². The normalized spacial score (nSPS) is 10.9. The Morgan fingerprint density at radius 3 is 2.67 bits per heavy atom. The smallest absolute Gasteiger partial charge is 0.234 e. The molecule has 1 N–H and O–H groups in total. The number of hydrogen-bond donors (Lipinski definition) is 1. The van der Waals surface area contributed by atoms with Crippen molar-refractivity contribution in [3.63, 3.8) is 0 Å². The minimum absolute atomic E-state index is 0.0389. The predicted molar refractivity (Wildman–Crippen MR) is 85.6 cm³/mol. The summed E-state index contributed by atoms with van der Waals surface area (Å²) in [5.41, 5.74) is 2.08. The molecule has 6 heteroatoms. The van der Waals surface area contributed by atoms with Gasteiger partial charge < -0.3 is 9.88 Å². The summed E-state index contributed by atoms with van der Waals surface area (Å²) in [5.74, 6) is 0.776. The highest BCUT2D eigenvalue weighted by atomic mass is 32.2. The lowest BCUT2D eigenvalue weighted by molar-refractivity contribution is -0.113. The van der Waals surface area contributed by atoms with Gasteiger partial charge in [-0.2, -0.15) is 0 Å². The second-order valence-electron chi connectivity index (χ2n) is 5.01. The largest absolute Gasteiger partial charge is 0.325 e. The van der Waals surface area contributed by atoms with Crippen LogP contribution in [0.15, 0.2) is 35.7 Å². The summed E-state index contributed by atoms with van der Waals surface area (Å²) in [5, 5.41) is 11.5. The number of aromatic nitrogens is 3. The summed E-state index contributed by atoms with van der Waals surface area (Å²) >= 11 is 1.39. The van der Waals surface area contributed by atoms with Gasteiger partial charge in [0.1, 0.15) is 6.33 Å². The van der Waals surface area contributed by atoms with Crippen LogP contribution in [0.2, 0.25) is 0 Å². The Morgan fingerprint density at radius 1 is 1.33 bits per heavy atom. The van der Waals surface area contributed by atoms with Gasteiger partial charge in [0.05, 0.1) is 5.75 Å². The van der Waals surface area contributed by atoms with Crippen molar-refractivity contribution >= 4 is 23.4 Å². The van der Waals surface area contributed by atoms with E-state index in [1.165, 1.54) is 17.3 Å². The molecular weight excluding hydrogens is 284 g/mol. The maximum Gasteiger partial charge on any atom is 0.234 e. The van der Waals surface area contributed by atoms with Crippen LogP contribution in [0.4, 0.5) is 5.69 Å². The molecule has 0 bridgehead atoms. The van der Waals surface area contributed by atoms with Gasteiger partial charge in [-0.25, -0.2) is 0 Å². The SMILES string of the molecule is CCn1cnnc1SCC(=O)Nc1ccc(C(C)C)cc1. The minimum Gasteiger partial charge on any atom is -0.325 e. The predicted octanol–water partition coefficient (Wildman–Crippen LogP) is 3.15. The molecule has 0 atom stereocenters. The summed E-state index contributed by atoms with van der Waals surface area (Å²) in [6.45, 7) is 7.11. The van der Waals surface area contributed by atoms with Crippen molar-refractivity contribution in [2.24, 2.45) is 0 Å². The van der Waals surface area contributed by atoms with Gasteiger partial charge in [0, 0.05) is 12.2 Å². The summed E-state index contributed by atoms with van der Waals surface area (Å²) in [6.07, 6.45) is 1.67. The number of thioether (sulfide) groups is 1. The first-order valence-corrected chi connectivity index (χ1v) is 7.99. The first kappa shape index (κ1) is 15.6. The lowest BCUT2D eigenvalue weighted by Gasteiger charge is -2.08. The van der Waals surface area contributed by atoms with Crippen LogP contribution >= 0.6 is 11.8 Å². The quantitative estimate of drug-likeness (QED) is 0.833. The number of aryl methyl sites for hydroxylation is 1. The lowest BCUT2D eigenvalue weighted by atomic mass is 10.0. The van der Waals surface area contributed by atoms with E-state index in [1.807, 2.05) is 35.8 Å². The third-order valence-electron chi connectivity index (χ3n) is 3.11. The maximum atomic E-state index is 11.9. The fourth-order valence-corrected chi connectivity index (χ4v) is 2.63. The minimum atomic E-state index is -0.0389. The van der Waals surface area contributed by atoms with Crippen LogP contribution in [0.25, 0.3) is 0 Å². The van der Waals surface area contributed by atoms with Crippen molar-refractivity contribution in [2.75, 3.05) is 11.1 Å². The van der Waals surface area contributed by atoms with Crippen LogP contribution < -0.4 is 5.32 Å². The molecule has 1 aromatic carbocycles. The van der Waals surface area contributed by atoms with E-state index in [9.17, 15) is 4.79 Å². The number of benzene rings is 1. The molecular formula is C15H20N4OS. The molecule has 0 spiro atoms. The van der Waals surface area contributed by atoms with Crippen molar-refractivity contribution in [3.8, 4) is 0 Å². The van der Waals surface area contributed by atoms with E-state index in [0.29, 0.717) is 11.7 Å². The molecule has 5 nitrogen and oxygen atoms in total. The molecule has 1 amide bonds. The summed E-state index contributed by atoms with van der Waals surface area (Å²) in [7, 11) is 0. The zero-order valence-electron chi connectivity index (χ0n) is 12.5. The molecule has 0 unspecified atom stereocenters. The number of nitrogens with one attached hydrogen (secondary N) is 1. The van der Waals surface area contributed by atoms with Crippen molar-refractivity contribution in [1.29, 1.82) is 0 Å². The maximum absolute atomic E-state index is 11.9. The number of amides is 1. The van der Waals surface area contributed by atoms with Gasteiger partial charge in [0.25, 0.3) is 0 Å². The number of hydrogen-bond acceptors (Lipinski definition) is 4. The summed E-state index contributed by atoms with van der Waals surface area (Å²) < 4.78 is 1.91. The van der Waals surface area contributed by atoms with Crippen LogP contribution in [0.5, 0.6) is 0 Å². The van der Waals surface area contributed by atoms with Crippen molar-refractivity contribution in [3.05, 3.63) is 36.2 Å². The number of rotatable bonds is 6. The van der Waals surface area contributed by atoms with Crippen molar-refractivity contribution < 1.29 is 4.79 Å².